The van der Waals surface area contributed by atoms with Gasteiger partial charge in [-0.15, -0.1) is 11.3 Å². The van der Waals surface area contributed by atoms with E-state index in [0.29, 0.717) is 5.95 Å². The van der Waals surface area contributed by atoms with Gasteiger partial charge in [0.05, 0.1) is 23.8 Å². The summed E-state index contributed by atoms with van der Waals surface area (Å²) >= 11 is 1.71. The first-order valence-electron chi connectivity index (χ1n) is 10.3. The highest BCUT2D eigenvalue weighted by atomic mass is 32.1. The lowest BCUT2D eigenvalue weighted by Gasteiger charge is -2.26. The molecule has 0 radical (unpaired) electrons. The molecule has 30 heavy (non-hydrogen) atoms. The number of rotatable bonds is 6. The van der Waals surface area contributed by atoms with E-state index in [9.17, 15) is 0 Å². The Morgan fingerprint density at radius 3 is 2.73 bits per heavy atom. The van der Waals surface area contributed by atoms with Gasteiger partial charge in [0.1, 0.15) is 5.65 Å². The average Bonchev–Trinajstić information content (AvgIpc) is 3.42. The Labute approximate surface area is 179 Å². The zero-order chi connectivity index (χ0) is 20.3. The van der Waals surface area contributed by atoms with Gasteiger partial charge in [0.2, 0.25) is 5.95 Å². The molecule has 154 valence electrons. The summed E-state index contributed by atoms with van der Waals surface area (Å²) in [6.45, 7) is 6.94. The number of H-pyrrole nitrogens is 1. The van der Waals surface area contributed by atoms with Gasteiger partial charge in [-0.25, -0.2) is 4.98 Å². The van der Waals surface area contributed by atoms with Crippen LogP contribution >= 0.6 is 11.3 Å². The fraction of sp³-hybridized carbons (Fsp3) is 0.304. The van der Waals surface area contributed by atoms with Crippen molar-refractivity contribution in [2.45, 2.75) is 13.3 Å². The van der Waals surface area contributed by atoms with E-state index in [4.69, 9.17) is 9.72 Å². The van der Waals surface area contributed by atoms with Crippen LogP contribution in [0.25, 0.3) is 21.6 Å². The van der Waals surface area contributed by atoms with Crippen LogP contribution in [0.1, 0.15) is 11.1 Å². The lowest BCUT2D eigenvalue weighted by molar-refractivity contribution is 0.0384. The van der Waals surface area contributed by atoms with E-state index in [1.54, 1.807) is 11.3 Å². The number of ether oxygens (including phenoxy) is 1. The zero-order valence-electron chi connectivity index (χ0n) is 17.0. The summed E-state index contributed by atoms with van der Waals surface area (Å²) in [5.74, 6) is 0.604. The van der Waals surface area contributed by atoms with Crippen molar-refractivity contribution in [1.29, 1.82) is 0 Å². The highest BCUT2D eigenvalue weighted by Crippen LogP contribution is 2.32. The minimum Gasteiger partial charge on any atom is -0.379 e. The van der Waals surface area contributed by atoms with Gasteiger partial charge in [-0.3, -0.25) is 4.90 Å². The number of aryl methyl sites for hydroxylation is 1. The first kappa shape index (κ1) is 19.2. The second-order valence-electron chi connectivity index (χ2n) is 7.65. The van der Waals surface area contributed by atoms with Crippen molar-refractivity contribution in [3.8, 4) is 10.6 Å². The topological polar surface area (TPSA) is 66.1 Å². The highest BCUT2D eigenvalue weighted by Gasteiger charge is 2.13. The summed E-state index contributed by atoms with van der Waals surface area (Å²) in [6.07, 6.45) is 2.96. The molecule has 7 heteroatoms. The number of hydrogen-bond acceptors (Lipinski definition) is 6. The number of hydrogen-bond donors (Lipinski definition) is 2. The summed E-state index contributed by atoms with van der Waals surface area (Å²) in [6, 6.07) is 12.8. The summed E-state index contributed by atoms with van der Waals surface area (Å²) in [4.78, 5) is 16.3. The van der Waals surface area contributed by atoms with E-state index in [0.717, 1.165) is 66.6 Å². The average molecular weight is 420 g/mol. The van der Waals surface area contributed by atoms with Crippen LogP contribution in [0.2, 0.25) is 0 Å². The number of morpholine rings is 1. The Balaban J connectivity index is 1.31. The largest absolute Gasteiger partial charge is 0.379 e. The Hall–Kier alpha value is -2.74. The standard InChI is InChI=1S/C23H25N5OS/c1-16-14-20(30-15-16)21-19-6-8-24-22(19)27-23(26-21)25-18-4-2-17(3-5-18)7-9-28-10-12-29-13-11-28/h2-6,8,14-15H,7,9-13H2,1H3,(H2,24,25,26,27). The van der Waals surface area contributed by atoms with Crippen molar-refractivity contribution < 1.29 is 4.74 Å². The SMILES string of the molecule is Cc1csc(-c2nc(Nc3ccc(CCN4CCOCC4)cc3)nc3[nH]ccc23)c1. The molecule has 5 rings (SSSR count). The summed E-state index contributed by atoms with van der Waals surface area (Å²) < 4.78 is 5.42. The van der Waals surface area contributed by atoms with Crippen LogP contribution < -0.4 is 5.32 Å². The van der Waals surface area contributed by atoms with Gasteiger partial charge in [0.15, 0.2) is 0 Å². The molecule has 1 saturated heterocycles. The van der Waals surface area contributed by atoms with Crippen LogP contribution in [0.15, 0.2) is 48.0 Å². The summed E-state index contributed by atoms with van der Waals surface area (Å²) in [5.41, 5.74) is 5.38. The van der Waals surface area contributed by atoms with E-state index in [2.05, 4.69) is 62.8 Å². The van der Waals surface area contributed by atoms with Crippen molar-refractivity contribution in [2.24, 2.45) is 0 Å². The van der Waals surface area contributed by atoms with Gasteiger partial charge in [-0.2, -0.15) is 4.98 Å². The molecule has 3 aromatic heterocycles. The van der Waals surface area contributed by atoms with E-state index in [-0.39, 0.29) is 0 Å². The van der Waals surface area contributed by atoms with Crippen LogP contribution in [-0.4, -0.2) is 52.7 Å². The monoisotopic (exact) mass is 419 g/mol. The molecule has 4 aromatic rings. The number of nitrogens with one attached hydrogen (secondary N) is 2. The summed E-state index contributed by atoms with van der Waals surface area (Å²) in [7, 11) is 0. The van der Waals surface area contributed by atoms with E-state index in [1.165, 1.54) is 11.1 Å². The Kier molecular flexibility index (Phi) is 5.48. The zero-order valence-corrected chi connectivity index (χ0v) is 17.8. The van der Waals surface area contributed by atoms with Gasteiger partial charge in [0.25, 0.3) is 0 Å². The molecule has 0 spiro atoms. The van der Waals surface area contributed by atoms with Crippen LogP contribution in [0.3, 0.4) is 0 Å². The Bertz CT molecular complexity index is 1130. The maximum Gasteiger partial charge on any atom is 0.229 e. The lowest BCUT2D eigenvalue weighted by atomic mass is 10.1. The van der Waals surface area contributed by atoms with Crippen LogP contribution in [0, 0.1) is 6.92 Å². The van der Waals surface area contributed by atoms with Crippen LogP contribution in [0.5, 0.6) is 0 Å². The van der Waals surface area contributed by atoms with Gasteiger partial charge in [0, 0.05) is 36.9 Å². The second-order valence-corrected chi connectivity index (χ2v) is 8.56. The molecule has 4 heterocycles. The maximum atomic E-state index is 5.42. The number of aromatic amines is 1. The molecule has 1 aromatic carbocycles. The van der Waals surface area contributed by atoms with Gasteiger partial charge in [-0.05, 0) is 54.1 Å². The second kappa shape index (κ2) is 8.55. The molecule has 6 nitrogen and oxygen atoms in total. The number of thiophene rings is 1. The smallest absolute Gasteiger partial charge is 0.229 e. The highest BCUT2D eigenvalue weighted by molar-refractivity contribution is 7.13. The minimum absolute atomic E-state index is 0.604. The molecule has 0 unspecified atom stereocenters. The van der Waals surface area contributed by atoms with Crippen molar-refractivity contribution in [3.05, 3.63) is 59.1 Å². The maximum absolute atomic E-state index is 5.42. The van der Waals surface area contributed by atoms with Crippen LogP contribution in [0.4, 0.5) is 11.6 Å². The molecule has 0 aliphatic carbocycles. The van der Waals surface area contributed by atoms with E-state index in [1.807, 2.05) is 12.3 Å². The molecule has 0 atom stereocenters. The first-order chi connectivity index (χ1) is 14.7. The van der Waals surface area contributed by atoms with E-state index < -0.39 is 0 Å². The predicted octanol–water partition coefficient (Wildman–Crippen LogP) is 4.61. The van der Waals surface area contributed by atoms with Crippen molar-refractivity contribution >= 4 is 34.0 Å². The third kappa shape index (κ3) is 4.23. The molecular formula is C23H25N5OS. The van der Waals surface area contributed by atoms with Crippen molar-refractivity contribution in [2.75, 3.05) is 38.2 Å². The normalized spacial score (nSPS) is 15.0. The number of anilines is 2. The molecule has 1 aliphatic heterocycles. The van der Waals surface area contributed by atoms with Crippen molar-refractivity contribution in [1.82, 2.24) is 19.9 Å². The minimum atomic E-state index is 0.604. The molecule has 0 saturated carbocycles. The fourth-order valence-corrected chi connectivity index (χ4v) is 4.64. The van der Waals surface area contributed by atoms with Crippen molar-refractivity contribution in [3.63, 3.8) is 0 Å². The number of fused-ring (bicyclic) bond motifs is 1. The molecule has 0 amide bonds. The molecule has 1 aliphatic rings. The number of benzene rings is 1. The fourth-order valence-electron chi connectivity index (χ4n) is 3.74. The Morgan fingerprint density at radius 2 is 1.97 bits per heavy atom. The van der Waals surface area contributed by atoms with Gasteiger partial charge >= 0.3 is 0 Å². The van der Waals surface area contributed by atoms with E-state index >= 15 is 0 Å². The molecular weight excluding hydrogens is 394 g/mol. The van der Waals surface area contributed by atoms with Crippen LogP contribution in [-0.2, 0) is 11.2 Å². The predicted molar refractivity (Wildman–Crippen MR) is 123 cm³/mol. The molecule has 1 fully saturated rings. The first-order valence-corrected chi connectivity index (χ1v) is 11.2. The number of nitrogens with zero attached hydrogens (tertiary/aromatic N) is 3. The van der Waals surface area contributed by atoms with Gasteiger partial charge in [-0.1, -0.05) is 12.1 Å². The molecule has 2 N–H and O–H groups in total. The van der Waals surface area contributed by atoms with Gasteiger partial charge < -0.3 is 15.0 Å². The Morgan fingerprint density at radius 1 is 1.13 bits per heavy atom. The lowest BCUT2D eigenvalue weighted by Crippen LogP contribution is -2.37. The summed E-state index contributed by atoms with van der Waals surface area (Å²) in [5, 5.41) is 6.56. The molecule has 0 bridgehead atoms. The quantitative estimate of drug-likeness (QED) is 0.478. The number of aromatic nitrogens is 3. The third-order valence-corrected chi connectivity index (χ3v) is 6.46. The third-order valence-electron chi connectivity index (χ3n) is 5.41.